The predicted octanol–water partition coefficient (Wildman–Crippen LogP) is 10.5. The second-order valence-corrected chi connectivity index (χ2v) is 12.0. The van der Waals surface area contributed by atoms with E-state index in [9.17, 15) is 0 Å². The van der Waals surface area contributed by atoms with Crippen molar-refractivity contribution in [3.63, 3.8) is 0 Å². The minimum atomic E-state index is -0.0225. The summed E-state index contributed by atoms with van der Waals surface area (Å²) < 4.78 is 2.32. The van der Waals surface area contributed by atoms with E-state index in [0.29, 0.717) is 0 Å². The molecule has 2 heterocycles. The molecule has 2 heteroatoms. The molecule has 0 N–H and O–H groups in total. The Bertz CT molecular complexity index is 2370. The second-order valence-electron chi connectivity index (χ2n) is 12.0. The van der Waals surface area contributed by atoms with E-state index in [1.807, 2.05) is 12.3 Å². The van der Waals surface area contributed by atoms with Crippen molar-refractivity contribution in [1.29, 1.82) is 0 Å². The molecule has 42 heavy (non-hydrogen) atoms. The van der Waals surface area contributed by atoms with E-state index >= 15 is 0 Å². The van der Waals surface area contributed by atoms with Crippen LogP contribution in [0, 0.1) is 0 Å². The predicted molar refractivity (Wildman–Crippen MR) is 177 cm³/mol. The van der Waals surface area contributed by atoms with E-state index in [1.54, 1.807) is 0 Å². The van der Waals surface area contributed by atoms with Crippen LogP contribution in [0.1, 0.15) is 25.0 Å². The molecule has 0 saturated carbocycles. The highest BCUT2D eigenvalue weighted by Gasteiger charge is 2.36. The fourth-order valence-corrected chi connectivity index (χ4v) is 7.58. The van der Waals surface area contributed by atoms with Crippen LogP contribution in [-0.4, -0.2) is 9.55 Å². The highest BCUT2D eigenvalue weighted by atomic mass is 15.1. The zero-order valence-corrected chi connectivity index (χ0v) is 23.6. The lowest BCUT2D eigenvalue weighted by Crippen LogP contribution is -2.14. The summed E-state index contributed by atoms with van der Waals surface area (Å²) in [7, 11) is 0. The van der Waals surface area contributed by atoms with E-state index < -0.39 is 0 Å². The van der Waals surface area contributed by atoms with Gasteiger partial charge in [0.25, 0.3) is 0 Å². The quantitative estimate of drug-likeness (QED) is 0.215. The summed E-state index contributed by atoms with van der Waals surface area (Å²) in [5, 5.41) is 7.65. The van der Waals surface area contributed by atoms with Crippen LogP contribution in [0.4, 0.5) is 0 Å². The Morgan fingerprint density at radius 1 is 0.500 bits per heavy atom. The molecule has 0 bridgehead atoms. The number of aromatic nitrogens is 2. The van der Waals surface area contributed by atoms with Crippen LogP contribution in [0.15, 0.2) is 134 Å². The summed E-state index contributed by atoms with van der Waals surface area (Å²) in [5.41, 5.74) is 10.4. The number of hydrogen-bond acceptors (Lipinski definition) is 1. The Morgan fingerprint density at radius 3 is 2.05 bits per heavy atom. The van der Waals surface area contributed by atoms with Crippen LogP contribution < -0.4 is 0 Å². The van der Waals surface area contributed by atoms with Crippen molar-refractivity contribution in [2.45, 2.75) is 19.3 Å². The molecule has 9 rings (SSSR count). The molecule has 2 nitrogen and oxygen atoms in total. The van der Waals surface area contributed by atoms with E-state index in [4.69, 9.17) is 4.98 Å². The molecule has 2 aromatic heterocycles. The van der Waals surface area contributed by atoms with Gasteiger partial charge in [0.05, 0.1) is 11.0 Å². The van der Waals surface area contributed by atoms with E-state index in [1.165, 1.54) is 76.7 Å². The summed E-state index contributed by atoms with van der Waals surface area (Å²) in [6.07, 6.45) is 1.88. The number of rotatable bonds is 2. The maximum Gasteiger partial charge on any atom is 0.137 e. The highest BCUT2D eigenvalue weighted by molar-refractivity contribution is 6.25. The van der Waals surface area contributed by atoms with Crippen LogP contribution in [0.2, 0.25) is 0 Å². The van der Waals surface area contributed by atoms with Gasteiger partial charge >= 0.3 is 0 Å². The Balaban J connectivity index is 1.42. The van der Waals surface area contributed by atoms with Crippen molar-refractivity contribution in [2.24, 2.45) is 0 Å². The van der Waals surface area contributed by atoms with Crippen LogP contribution in [0.3, 0.4) is 0 Å². The van der Waals surface area contributed by atoms with Gasteiger partial charge in [0.15, 0.2) is 0 Å². The number of fused-ring (bicyclic) bond motifs is 10. The lowest BCUT2D eigenvalue weighted by Gasteiger charge is -2.22. The van der Waals surface area contributed by atoms with Crippen molar-refractivity contribution in [2.75, 3.05) is 0 Å². The average Bonchev–Trinajstić information content (AvgIpc) is 3.50. The van der Waals surface area contributed by atoms with E-state index in [0.717, 1.165) is 5.82 Å². The Kier molecular flexibility index (Phi) is 4.70. The van der Waals surface area contributed by atoms with Crippen molar-refractivity contribution >= 4 is 43.4 Å². The molecular formula is C40H28N2. The summed E-state index contributed by atoms with van der Waals surface area (Å²) in [6.45, 7) is 4.70. The minimum Gasteiger partial charge on any atom is -0.294 e. The third kappa shape index (κ3) is 3.01. The molecule has 0 saturated heterocycles. The fourth-order valence-electron chi connectivity index (χ4n) is 7.58. The standard InChI is InChI=1S/C40H28N2/c1-40(2)33-18-7-5-14-30(33)38-28-17-11-16-25(27(28)21-22-34(38)40)32-24-36-39(29-13-4-3-12-26(29)32)31-15-6-8-19-35(31)42(36)37-20-9-10-23-41-37/h3-24H,1-2H3. The maximum atomic E-state index is 4.79. The van der Waals surface area contributed by atoms with E-state index in [-0.39, 0.29) is 5.41 Å². The first kappa shape index (κ1) is 23.5. The van der Waals surface area contributed by atoms with Gasteiger partial charge in [-0.3, -0.25) is 4.57 Å². The first-order chi connectivity index (χ1) is 20.6. The van der Waals surface area contributed by atoms with Crippen LogP contribution >= 0.6 is 0 Å². The Morgan fingerprint density at radius 2 is 1.19 bits per heavy atom. The first-order valence-electron chi connectivity index (χ1n) is 14.7. The first-order valence-corrected chi connectivity index (χ1v) is 14.7. The zero-order valence-electron chi connectivity index (χ0n) is 23.6. The molecule has 0 unspecified atom stereocenters. The van der Waals surface area contributed by atoms with Gasteiger partial charge in [0.2, 0.25) is 0 Å². The molecule has 8 aromatic rings. The minimum absolute atomic E-state index is 0.0225. The third-order valence-electron chi connectivity index (χ3n) is 9.45. The Hall–Kier alpha value is -5.21. The summed E-state index contributed by atoms with van der Waals surface area (Å²) in [6, 6.07) is 46.6. The lowest BCUT2D eigenvalue weighted by atomic mass is 9.81. The molecule has 0 fully saturated rings. The van der Waals surface area contributed by atoms with Gasteiger partial charge in [-0.05, 0) is 79.2 Å². The Labute approximate surface area is 244 Å². The molecule has 1 aliphatic rings. The molecule has 0 spiro atoms. The topological polar surface area (TPSA) is 17.8 Å². The van der Waals surface area contributed by atoms with Gasteiger partial charge in [-0.1, -0.05) is 117 Å². The average molecular weight is 537 g/mol. The van der Waals surface area contributed by atoms with Crippen molar-refractivity contribution < 1.29 is 0 Å². The smallest absolute Gasteiger partial charge is 0.137 e. The SMILES string of the molecule is CC1(C)c2ccccc2-c2c1ccc1c(-c3cc4c(c5ccccc35)c3ccccc3n4-c3ccccn3)cccc21. The number of hydrogen-bond donors (Lipinski definition) is 0. The van der Waals surface area contributed by atoms with Gasteiger partial charge in [-0.2, -0.15) is 0 Å². The lowest BCUT2D eigenvalue weighted by molar-refractivity contribution is 0.661. The molecule has 0 aliphatic heterocycles. The van der Waals surface area contributed by atoms with Gasteiger partial charge in [-0.15, -0.1) is 0 Å². The third-order valence-corrected chi connectivity index (χ3v) is 9.45. The van der Waals surface area contributed by atoms with Gasteiger partial charge in [0, 0.05) is 22.4 Å². The summed E-state index contributed by atoms with van der Waals surface area (Å²) in [4.78, 5) is 4.79. The number of nitrogens with zero attached hydrogens (tertiary/aromatic N) is 2. The zero-order chi connectivity index (χ0) is 28.0. The van der Waals surface area contributed by atoms with Crippen molar-refractivity contribution in [3.05, 3.63) is 145 Å². The fraction of sp³-hybridized carbons (Fsp3) is 0.0750. The summed E-state index contributed by atoms with van der Waals surface area (Å²) >= 11 is 0. The maximum absolute atomic E-state index is 4.79. The van der Waals surface area contributed by atoms with Gasteiger partial charge < -0.3 is 0 Å². The van der Waals surface area contributed by atoms with Crippen molar-refractivity contribution in [1.82, 2.24) is 9.55 Å². The molecule has 1 aliphatic carbocycles. The molecule has 198 valence electrons. The number of benzene rings is 6. The molecule has 6 aromatic carbocycles. The molecule has 0 atom stereocenters. The van der Waals surface area contributed by atoms with Crippen LogP contribution in [-0.2, 0) is 5.41 Å². The highest BCUT2D eigenvalue weighted by Crippen LogP contribution is 2.52. The molecular weight excluding hydrogens is 508 g/mol. The molecule has 0 amide bonds. The van der Waals surface area contributed by atoms with Crippen LogP contribution in [0.5, 0.6) is 0 Å². The number of para-hydroxylation sites is 1. The normalized spacial score (nSPS) is 13.7. The summed E-state index contributed by atoms with van der Waals surface area (Å²) in [5.74, 6) is 0.930. The second kappa shape index (κ2) is 8.41. The molecule has 0 radical (unpaired) electrons. The monoisotopic (exact) mass is 536 g/mol. The number of pyridine rings is 1. The van der Waals surface area contributed by atoms with Crippen LogP contribution in [0.25, 0.3) is 71.4 Å². The van der Waals surface area contributed by atoms with E-state index in [2.05, 4.69) is 140 Å². The van der Waals surface area contributed by atoms with Gasteiger partial charge in [-0.25, -0.2) is 4.98 Å². The van der Waals surface area contributed by atoms with Gasteiger partial charge in [0.1, 0.15) is 5.82 Å². The van der Waals surface area contributed by atoms with Crippen molar-refractivity contribution in [3.8, 4) is 28.1 Å². The largest absolute Gasteiger partial charge is 0.294 e.